The first-order valence-electron chi connectivity index (χ1n) is 7.95. The van der Waals surface area contributed by atoms with Gasteiger partial charge < -0.3 is 15.7 Å². The zero-order valence-electron chi connectivity index (χ0n) is 13.2. The van der Waals surface area contributed by atoms with Crippen molar-refractivity contribution in [3.05, 3.63) is 0 Å². The quantitative estimate of drug-likeness (QED) is 0.734. The summed E-state index contributed by atoms with van der Waals surface area (Å²) in [7, 11) is 0. The molecule has 1 saturated carbocycles. The fourth-order valence-corrected chi connectivity index (χ4v) is 4.26. The normalized spacial score (nSPS) is 29.5. The van der Waals surface area contributed by atoms with Crippen molar-refractivity contribution in [2.75, 3.05) is 6.54 Å². The zero-order valence-corrected chi connectivity index (χ0v) is 13.2. The van der Waals surface area contributed by atoms with E-state index in [4.69, 9.17) is 0 Å². The maximum absolute atomic E-state index is 10.4. The molecule has 3 heteroatoms. The molecule has 0 aromatic heterocycles. The third kappa shape index (κ3) is 4.44. The van der Waals surface area contributed by atoms with E-state index in [-0.39, 0.29) is 16.7 Å². The molecule has 0 spiro atoms. The molecule has 2 rings (SSSR count). The van der Waals surface area contributed by atoms with E-state index in [0.717, 1.165) is 38.6 Å². The fourth-order valence-electron chi connectivity index (χ4n) is 4.26. The molecule has 19 heavy (non-hydrogen) atoms. The molecule has 3 N–H and O–H groups in total. The molecule has 1 aliphatic carbocycles. The highest BCUT2D eigenvalue weighted by Gasteiger charge is 2.37. The lowest BCUT2D eigenvalue weighted by atomic mass is 9.79. The smallest absolute Gasteiger partial charge is 0.0659 e. The maximum Gasteiger partial charge on any atom is 0.0659 e. The van der Waals surface area contributed by atoms with E-state index >= 15 is 0 Å². The Labute approximate surface area is 118 Å². The summed E-state index contributed by atoms with van der Waals surface area (Å²) >= 11 is 0. The lowest BCUT2D eigenvalue weighted by Crippen LogP contribution is -2.61. The lowest BCUT2D eigenvalue weighted by Gasteiger charge is -2.47. The van der Waals surface area contributed by atoms with E-state index < -0.39 is 0 Å². The first-order valence-corrected chi connectivity index (χ1v) is 7.95. The monoisotopic (exact) mass is 268 g/mol. The van der Waals surface area contributed by atoms with E-state index in [9.17, 15) is 5.11 Å². The van der Waals surface area contributed by atoms with Gasteiger partial charge in [-0.3, -0.25) is 0 Å². The first kappa shape index (κ1) is 15.3. The third-order valence-corrected chi connectivity index (χ3v) is 4.75. The van der Waals surface area contributed by atoms with Gasteiger partial charge >= 0.3 is 0 Å². The highest BCUT2D eigenvalue weighted by Crippen LogP contribution is 2.32. The molecule has 0 bridgehead atoms. The van der Waals surface area contributed by atoms with Gasteiger partial charge in [-0.1, -0.05) is 12.8 Å². The Balaban J connectivity index is 1.79. The van der Waals surface area contributed by atoms with Crippen LogP contribution in [0.1, 0.15) is 72.6 Å². The molecule has 1 saturated heterocycles. The van der Waals surface area contributed by atoms with Gasteiger partial charge in [-0.25, -0.2) is 0 Å². The molecule has 0 aromatic carbocycles. The molecule has 2 aliphatic rings. The number of hydrogen-bond donors (Lipinski definition) is 3. The van der Waals surface area contributed by atoms with Gasteiger partial charge in [0.15, 0.2) is 0 Å². The maximum atomic E-state index is 10.4. The molecule has 0 atom stereocenters. The summed E-state index contributed by atoms with van der Waals surface area (Å²) in [5.41, 5.74) is 0.0261. The van der Waals surface area contributed by atoms with Crippen molar-refractivity contribution in [2.24, 2.45) is 0 Å². The number of piperidine rings is 1. The Morgan fingerprint density at radius 2 is 1.58 bits per heavy atom. The number of rotatable bonds is 4. The summed E-state index contributed by atoms with van der Waals surface area (Å²) in [4.78, 5) is 0. The molecular formula is C16H32N2O. The second kappa shape index (κ2) is 5.34. The predicted molar refractivity (Wildman–Crippen MR) is 80.4 cm³/mol. The van der Waals surface area contributed by atoms with E-state index in [2.05, 4.69) is 38.3 Å². The molecule has 2 fully saturated rings. The Hall–Kier alpha value is -0.120. The largest absolute Gasteiger partial charge is 0.390 e. The molecule has 3 nitrogen and oxygen atoms in total. The highest BCUT2D eigenvalue weighted by atomic mass is 16.3. The van der Waals surface area contributed by atoms with Crippen molar-refractivity contribution < 1.29 is 5.11 Å². The molecule has 0 radical (unpaired) electrons. The van der Waals surface area contributed by atoms with Crippen LogP contribution in [0.15, 0.2) is 0 Å². The number of aliphatic hydroxyl groups is 1. The van der Waals surface area contributed by atoms with Crippen LogP contribution < -0.4 is 10.6 Å². The van der Waals surface area contributed by atoms with Crippen LogP contribution in [0.2, 0.25) is 0 Å². The van der Waals surface area contributed by atoms with Gasteiger partial charge in [0, 0.05) is 17.1 Å². The summed E-state index contributed by atoms with van der Waals surface area (Å²) in [6.07, 6.45) is 7.63. The van der Waals surface area contributed by atoms with Crippen LogP contribution in [-0.4, -0.2) is 34.4 Å². The third-order valence-electron chi connectivity index (χ3n) is 4.75. The van der Waals surface area contributed by atoms with Gasteiger partial charge in [0.05, 0.1) is 5.60 Å². The van der Waals surface area contributed by atoms with E-state index in [1.54, 1.807) is 0 Å². The van der Waals surface area contributed by atoms with Gasteiger partial charge in [0.1, 0.15) is 0 Å². The van der Waals surface area contributed by atoms with Crippen LogP contribution in [-0.2, 0) is 0 Å². The lowest BCUT2D eigenvalue weighted by molar-refractivity contribution is 0.0368. The topological polar surface area (TPSA) is 44.3 Å². The van der Waals surface area contributed by atoms with Crippen LogP contribution in [0.5, 0.6) is 0 Å². The van der Waals surface area contributed by atoms with Gasteiger partial charge in [-0.15, -0.1) is 0 Å². The minimum Gasteiger partial charge on any atom is -0.390 e. The minimum absolute atomic E-state index is 0.198. The molecule has 112 valence electrons. The van der Waals surface area contributed by atoms with E-state index in [1.807, 2.05) is 0 Å². The standard InChI is InChI=1S/C16H32N2O/c1-14(2)11-13(12-15(3,4)18-14)17-10-9-16(19)7-5-6-8-16/h13,17-19H,5-12H2,1-4H3. The van der Waals surface area contributed by atoms with Gasteiger partial charge in [0.25, 0.3) is 0 Å². The second-order valence-electron chi connectivity index (χ2n) is 8.13. The molecule has 0 unspecified atom stereocenters. The van der Waals surface area contributed by atoms with E-state index in [0.29, 0.717) is 6.04 Å². The van der Waals surface area contributed by atoms with Crippen molar-refractivity contribution in [3.63, 3.8) is 0 Å². The molecule has 0 amide bonds. The van der Waals surface area contributed by atoms with Gasteiger partial charge in [-0.2, -0.15) is 0 Å². The Morgan fingerprint density at radius 3 is 2.11 bits per heavy atom. The first-order chi connectivity index (χ1) is 8.70. The van der Waals surface area contributed by atoms with Crippen molar-refractivity contribution in [2.45, 2.75) is 95.4 Å². The van der Waals surface area contributed by atoms with Crippen LogP contribution >= 0.6 is 0 Å². The fraction of sp³-hybridized carbons (Fsp3) is 1.00. The molecular weight excluding hydrogens is 236 g/mol. The van der Waals surface area contributed by atoms with Crippen molar-refractivity contribution in [1.29, 1.82) is 0 Å². The zero-order chi connectivity index (χ0) is 14.1. The summed E-state index contributed by atoms with van der Waals surface area (Å²) in [5.74, 6) is 0. The number of nitrogens with one attached hydrogen (secondary N) is 2. The average molecular weight is 268 g/mol. The summed E-state index contributed by atoms with van der Waals surface area (Å²) in [5, 5.41) is 17.8. The summed E-state index contributed by atoms with van der Waals surface area (Å²) in [6.45, 7) is 10.1. The number of hydrogen-bond acceptors (Lipinski definition) is 3. The Bertz CT molecular complexity index is 290. The van der Waals surface area contributed by atoms with Crippen molar-refractivity contribution in [1.82, 2.24) is 10.6 Å². The van der Waals surface area contributed by atoms with Gasteiger partial charge in [0.2, 0.25) is 0 Å². The Kier molecular flexibility index (Phi) is 4.29. The Morgan fingerprint density at radius 1 is 1.05 bits per heavy atom. The SMILES string of the molecule is CC1(C)CC(NCCC2(O)CCCC2)CC(C)(C)N1. The minimum atomic E-state index is -0.370. The molecule has 1 aliphatic heterocycles. The van der Waals surface area contributed by atoms with Crippen LogP contribution in [0.4, 0.5) is 0 Å². The average Bonchev–Trinajstić information content (AvgIpc) is 2.60. The summed E-state index contributed by atoms with van der Waals surface area (Å²) in [6, 6.07) is 0.566. The highest BCUT2D eigenvalue weighted by molar-refractivity contribution is 4.99. The van der Waals surface area contributed by atoms with E-state index in [1.165, 1.54) is 12.8 Å². The predicted octanol–water partition coefficient (Wildman–Crippen LogP) is 2.58. The van der Waals surface area contributed by atoms with Crippen LogP contribution in [0, 0.1) is 0 Å². The second-order valence-corrected chi connectivity index (χ2v) is 8.13. The van der Waals surface area contributed by atoms with Crippen molar-refractivity contribution >= 4 is 0 Å². The van der Waals surface area contributed by atoms with Crippen LogP contribution in [0.25, 0.3) is 0 Å². The van der Waals surface area contributed by atoms with Crippen molar-refractivity contribution in [3.8, 4) is 0 Å². The van der Waals surface area contributed by atoms with Crippen LogP contribution in [0.3, 0.4) is 0 Å². The summed E-state index contributed by atoms with van der Waals surface area (Å²) < 4.78 is 0. The molecule has 1 heterocycles. The van der Waals surface area contributed by atoms with Gasteiger partial charge in [-0.05, 0) is 66.3 Å². The molecule has 0 aromatic rings.